The van der Waals surface area contributed by atoms with E-state index in [9.17, 15) is 0 Å². The van der Waals surface area contributed by atoms with Crippen molar-refractivity contribution in [1.29, 1.82) is 0 Å². The highest BCUT2D eigenvalue weighted by atomic mass is 16.5. The smallest absolute Gasteiger partial charge is 0.316 e. The predicted molar refractivity (Wildman–Crippen MR) is 78.3 cm³/mol. The fraction of sp³-hybridized carbons (Fsp3) is 0.733. The maximum absolute atomic E-state index is 5.64. The second-order valence-corrected chi connectivity index (χ2v) is 5.50. The molecule has 4 nitrogen and oxygen atoms in total. The van der Waals surface area contributed by atoms with E-state index in [0.717, 1.165) is 17.8 Å². The lowest BCUT2D eigenvalue weighted by molar-refractivity contribution is 0.233. The molecule has 0 radical (unpaired) electrons. The first-order valence-electron chi connectivity index (χ1n) is 7.21. The molecule has 0 aromatic carbocycles. The summed E-state index contributed by atoms with van der Waals surface area (Å²) in [6, 6.07) is 0.957. The van der Waals surface area contributed by atoms with E-state index in [4.69, 9.17) is 4.74 Å². The molecule has 0 bridgehead atoms. The molecule has 4 heteroatoms. The standard InChI is InChI=1S/C15H27N3O/c1-6-7-12(4)10-19-15-17-9-14(13(5)18-15)8-16-11(2)3/h9,11-12,16H,6-8,10H2,1-5H3. The van der Waals surface area contributed by atoms with Gasteiger partial charge in [-0.05, 0) is 19.3 Å². The van der Waals surface area contributed by atoms with E-state index in [2.05, 4.69) is 43.0 Å². The summed E-state index contributed by atoms with van der Waals surface area (Å²) in [6.07, 6.45) is 4.22. The third-order valence-corrected chi connectivity index (χ3v) is 3.04. The van der Waals surface area contributed by atoms with Gasteiger partial charge in [0.2, 0.25) is 0 Å². The third-order valence-electron chi connectivity index (χ3n) is 3.04. The normalized spacial score (nSPS) is 12.7. The molecule has 1 unspecified atom stereocenters. The van der Waals surface area contributed by atoms with Crippen molar-refractivity contribution in [2.45, 2.75) is 60.0 Å². The van der Waals surface area contributed by atoms with Gasteiger partial charge < -0.3 is 10.1 Å². The van der Waals surface area contributed by atoms with Crippen LogP contribution in [-0.4, -0.2) is 22.6 Å². The number of ether oxygens (including phenoxy) is 1. The van der Waals surface area contributed by atoms with Crippen molar-refractivity contribution < 1.29 is 4.74 Å². The molecule has 0 aliphatic carbocycles. The van der Waals surface area contributed by atoms with Crippen LogP contribution in [0.2, 0.25) is 0 Å². The van der Waals surface area contributed by atoms with Crippen molar-refractivity contribution in [3.05, 3.63) is 17.5 Å². The van der Waals surface area contributed by atoms with Crippen molar-refractivity contribution in [1.82, 2.24) is 15.3 Å². The van der Waals surface area contributed by atoms with E-state index in [-0.39, 0.29) is 0 Å². The van der Waals surface area contributed by atoms with Crippen LogP contribution >= 0.6 is 0 Å². The lowest BCUT2D eigenvalue weighted by Crippen LogP contribution is -2.22. The lowest BCUT2D eigenvalue weighted by Gasteiger charge is -2.13. The van der Waals surface area contributed by atoms with Crippen LogP contribution in [0.25, 0.3) is 0 Å². The molecule has 1 atom stereocenters. The van der Waals surface area contributed by atoms with Gasteiger partial charge in [0.15, 0.2) is 0 Å². The van der Waals surface area contributed by atoms with Gasteiger partial charge in [-0.3, -0.25) is 0 Å². The van der Waals surface area contributed by atoms with Gasteiger partial charge in [-0.2, -0.15) is 0 Å². The van der Waals surface area contributed by atoms with E-state index < -0.39 is 0 Å². The minimum Gasteiger partial charge on any atom is -0.463 e. The fourth-order valence-electron chi connectivity index (χ4n) is 1.82. The van der Waals surface area contributed by atoms with Gasteiger partial charge in [0.1, 0.15) is 0 Å². The Kier molecular flexibility index (Phi) is 6.78. The molecule has 1 aromatic rings. The number of hydrogen-bond donors (Lipinski definition) is 1. The van der Waals surface area contributed by atoms with E-state index in [0.29, 0.717) is 24.6 Å². The second-order valence-electron chi connectivity index (χ2n) is 5.50. The van der Waals surface area contributed by atoms with Gasteiger partial charge in [0, 0.05) is 30.0 Å². The number of nitrogens with one attached hydrogen (secondary N) is 1. The quantitative estimate of drug-likeness (QED) is 0.784. The minimum atomic E-state index is 0.463. The van der Waals surface area contributed by atoms with E-state index in [1.807, 2.05) is 13.1 Å². The molecule has 1 aromatic heterocycles. The van der Waals surface area contributed by atoms with Crippen LogP contribution < -0.4 is 10.1 Å². The molecule has 0 amide bonds. The van der Waals surface area contributed by atoms with Gasteiger partial charge in [-0.15, -0.1) is 0 Å². The maximum atomic E-state index is 5.64. The van der Waals surface area contributed by atoms with E-state index in [1.54, 1.807) is 0 Å². The average Bonchev–Trinajstić information content (AvgIpc) is 2.35. The SMILES string of the molecule is CCCC(C)COc1ncc(CNC(C)C)c(C)n1. The molecule has 0 fully saturated rings. The van der Waals surface area contributed by atoms with Gasteiger partial charge >= 0.3 is 6.01 Å². The van der Waals surface area contributed by atoms with Gasteiger partial charge in [0.25, 0.3) is 0 Å². The van der Waals surface area contributed by atoms with Crippen molar-refractivity contribution in [2.75, 3.05) is 6.61 Å². The Morgan fingerprint density at radius 1 is 1.32 bits per heavy atom. The molecule has 108 valence electrons. The molecular weight excluding hydrogens is 238 g/mol. The van der Waals surface area contributed by atoms with Crippen molar-refractivity contribution >= 4 is 0 Å². The zero-order chi connectivity index (χ0) is 14.3. The van der Waals surface area contributed by atoms with Gasteiger partial charge in [-0.1, -0.05) is 34.1 Å². The Hall–Kier alpha value is -1.16. The van der Waals surface area contributed by atoms with Crippen LogP contribution in [0.1, 0.15) is 51.8 Å². The van der Waals surface area contributed by atoms with Gasteiger partial charge in [-0.25, -0.2) is 9.97 Å². The third kappa shape index (κ3) is 6.01. The number of rotatable bonds is 8. The van der Waals surface area contributed by atoms with Crippen LogP contribution in [0.5, 0.6) is 6.01 Å². The number of aryl methyl sites for hydroxylation is 1. The Morgan fingerprint density at radius 3 is 2.63 bits per heavy atom. The average molecular weight is 265 g/mol. The highest BCUT2D eigenvalue weighted by molar-refractivity contribution is 5.17. The summed E-state index contributed by atoms with van der Waals surface area (Å²) >= 11 is 0. The summed E-state index contributed by atoms with van der Waals surface area (Å²) in [5.74, 6) is 0.552. The summed E-state index contributed by atoms with van der Waals surface area (Å²) in [5, 5.41) is 3.37. The Balaban J connectivity index is 2.51. The predicted octanol–water partition coefficient (Wildman–Crippen LogP) is 3.10. The first-order chi connectivity index (χ1) is 9.02. The fourth-order valence-corrected chi connectivity index (χ4v) is 1.82. The largest absolute Gasteiger partial charge is 0.463 e. The number of hydrogen-bond acceptors (Lipinski definition) is 4. The molecule has 1 N–H and O–H groups in total. The Morgan fingerprint density at radius 2 is 2.05 bits per heavy atom. The Bertz CT molecular complexity index is 380. The molecule has 0 aliphatic rings. The summed E-state index contributed by atoms with van der Waals surface area (Å²) in [4.78, 5) is 8.69. The molecule has 1 heterocycles. The van der Waals surface area contributed by atoms with Crippen LogP contribution in [0.3, 0.4) is 0 Å². The van der Waals surface area contributed by atoms with Crippen molar-refractivity contribution in [2.24, 2.45) is 5.92 Å². The Labute approximate surface area is 117 Å². The first-order valence-corrected chi connectivity index (χ1v) is 7.21. The zero-order valence-corrected chi connectivity index (χ0v) is 12.9. The van der Waals surface area contributed by atoms with Crippen LogP contribution in [0, 0.1) is 12.8 Å². The summed E-state index contributed by atoms with van der Waals surface area (Å²) in [6.45, 7) is 12.1. The molecule has 0 saturated carbocycles. The minimum absolute atomic E-state index is 0.463. The van der Waals surface area contributed by atoms with E-state index in [1.165, 1.54) is 12.8 Å². The molecular formula is C15H27N3O. The highest BCUT2D eigenvalue weighted by Crippen LogP contribution is 2.11. The van der Waals surface area contributed by atoms with Gasteiger partial charge in [0.05, 0.1) is 6.61 Å². The van der Waals surface area contributed by atoms with Crippen LogP contribution in [-0.2, 0) is 6.54 Å². The molecule has 0 saturated heterocycles. The summed E-state index contributed by atoms with van der Waals surface area (Å²) < 4.78 is 5.64. The maximum Gasteiger partial charge on any atom is 0.316 e. The highest BCUT2D eigenvalue weighted by Gasteiger charge is 2.07. The number of aromatic nitrogens is 2. The lowest BCUT2D eigenvalue weighted by atomic mass is 10.1. The zero-order valence-electron chi connectivity index (χ0n) is 12.9. The van der Waals surface area contributed by atoms with Crippen LogP contribution in [0.15, 0.2) is 6.20 Å². The first kappa shape index (κ1) is 15.9. The summed E-state index contributed by atoms with van der Waals surface area (Å²) in [7, 11) is 0. The molecule has 0 spiro atoms. The van der Waals surface area contributed by atoms with Crippen LogP contribution in [0.4, 0.5) is 0 Å². The molecule has 0 aliphatic heterocycles. The number of nitrogens with zero attached hydrogens (tertiary/aromatic N) is 2. The summed E-state index contributed by atoms with van der Waals surface area (Å²) in [5.41, 5.74) is 2.11. The monoisotopic (exact) mass is 265 g/mol. The van der Waals surface area contributed by atoms with E-state index >= 15 is 0 Å². The molecule has 1 rings (SSSR count). The van der Waals surface area contributed by atoms with Crippen molar-refractivity contribution in [3.8, 4) is 6.01 Å². The molecule has 19 heavy (non-hydrogen) atoms. The second kappa shape index (κ2) is 8.10. The van der Waals surface area contributed by atoms with Crippen molar-refractivity contribution in [3.63, 3.8) is 0 Å². The topological polar surface area (TPSA) is 47.0 Å².